The van der Waals surface area contributed by atoms with E-state index in [1.54, 1.807) is 0 Å². The Morgan fingerprint density at radius 2 is 0.708 bits per heavy atom. The lowest BCUT2D eigenvalue weighted by Gasteiger charge is -2.50. The zero-order valence-corrected chi connectivity index (χ0v) is 16.7. The minimum absolute atomic E-state index is 1.46. The molecule has 24 heavy (non-hydrogen) atoms. The summed E-state index contributed by atoms with van der Waals surface area (Å²) in [6.07, 6.45) is 8.77. The maximum atomic E-state index is 2.58. The Morgan fingerprint density at radius 1 is 0.417 bits per heavy atom. The second-order valence-corrected chi connectivity index (χ2v) is 16.9. The van der Waals surface area contributed by atoms with Crippen LogP contribution in [0.4, 0.5) is 0 Å². The van der Waals surface area contributed by atoms with Crippen molar-refractivity contribution in [1.29, 1.82) is 0 Å². The van der Waals surface area contributed by atoms with E-state index in [1.807, 2.05) is 20.7 Å². The van der Waals surface area contributed by atoms with Crippen molar-refractivity contribution in [3.63, 3.8) is 0 Å². The fraction of sp³-hybridized carbons (Fsp3) is 0.455. The Bertz CT molecular complexity index is 637. The molecule has 2 aromatic carbocycles. The molecule has 5 rings (SSSR count). The van der Waals surface area contributed by atoms with Crippen LogP contribution in [0.5, 0.6) is 0 Å². The van der Waals surface area contributed by atoms with Crippen molar-refractivity contribution in [3.05, 3.63) is 48.5 Å². The number of rotatable bonds is 0. The predicted octanol–water partition coefficient (Wildman–Crippen LogP) is 3.49. The SMILES string of the molecule is c1ccc2c(c1)[Si]1(CCCCC1)c1ccccc1[Si]21CCCCC1. The zero-order chi connectivity index (χ0) is 16.0. The third kappa shape index (κ3) is 1.96. The Balaban J connectivity index is 1.82. The topological polar surface area (TPSA) is 0 Å². The second kappa shape index (κ2) is 5.70. The van der Waals surface area contributed by atoms with Crippen molar-refractivity contribution >= 4 is 36.9 Å². The highest BCUT2D eigenvalue weighted by molar-refractivity contribution is 7.17. The molecule has 0 bridgehead atoms. The van der Waals surface area contributed by atoms with E-state index in [-0.39, 0.29) is 0 Å². The first-order chi connectivity index (χ1) is 11.9. The van der Waals surface area contributed by atoms with Gasteiger partial charge < -0.3 is 0 Å². The van der Waals surface area contributed by atoms with Gasteiger partial charge in [0.1, 0.15) is 16.1 Å². The van der Waals surface area contributed by atoms with E-state index in [0.717, 1.165) is 0 Å². The molecule has 0 amide bonds. The monoisotopic (exact) mass is 348 g/mol. The molecule has 0 aliphatic carbocycles. The van der Waals surface area contributed by atoms with Gasteiger partial charge >= 0.3 is 0 Å². The minimum Gasteiger partial charge on any atom is -0.0627 e. The molecule has 3 heterocycles. The van der Waals surface area contributed by atoms with Crippen LogP contribution in [0.2, 0.25) is 24.2 Å². The van der Waals surface area contributed by atoms with Gasteiger partial charge in [0.05, 0.1) is 0 Å². The summed E-state index contributed by atoms with van der Waals surface area (Å²) in [5.74, 6) is 0. The van der Waals surface area contributed by atoms with Crippen molar-refractivity contribution in [2.75, 3.05) is 0 Å². The summed E-state index contributed by atoms with van der Waals surface area (Å²) in [6.45, 7) is 0. The van der Waals surface area contributed by atoms with Crippen molar-refractivity contribution in [1.82, 2.24) is 0 Å². The third-order valence-corrected chi connectivity index (χ3v) is 18.5. The molecular formula is C22H28Si2. The highest BCUT2D eigenvalue weighted by Gasteiger charge is 2.52. The van der Waals surface area contributed by atoms with Crippen LogP contribution in [-0.2, 0) is 0 Å². The first-order valence-corrected chi connectivity index (χ1v) is 14.9. The van der Waals surface area contributed by atoms with Gasteiger partial charge in [-0.1, -0.05) is 108 Å². The van der Waals surface area contributed by atoms with E-state index >= 15 is 0 Å². The normalized spacial score (nSPS) is 23.7. The summed E-state index contributed by atoms with van der Waals surface area (Å²) < 4.78 is 0. The van der Waals surface area contributed by atoms with Gasteiger partial charge in [-0.3, -0.25) is 0 Å². The fourth-order valence-corrected chi connectivity index (χ4v) is 19.9. The summed E-state index contributed by atoms with van der Waals surface area (Å²) in [5, 5.41) is 7.54. The number of fused-ring (bicyclic) bond motifs is 6. The van der Waals surface area contributed by atoms with Crippen LogP contribution in [0.25, 0.3) is 0 Å². The van der Waals surface area contributed by atoms with Crippen LogP contribution in [0, 0.1) is 0 Å². The highest BCUT2D eigenvalue weighted by Crippen LogP contribution is 2.35. The molecule has 0 radical (unpaired) electrons. The van der Waals surface area contributed by atoms with Crippen LogP contribution in [0.1, 0.15) is 38.5 Å². The first kappa shape index (κ1) is 15.2. The molecule has 2 aromatic rings. The third-order valence-electron chi connectivity index (χ3n) is 7.33. The lowest BCUT2D eigenvalue weighted by atomic mass is 10.2. The molecule has 2 fully saturated rings. The van der Waals surface area contributed by atoms with Gasteiger partial charge in [0.2, 0.25) is 0 Å². The van der Waals surface area contributed by atoms with Gasteiger partial charge in [-0.25, -0.2) is 0 Å². The Kier molecular flexibility index (Phi) is 3.60. The van der Waals surface area contributed by atoms with E-state index in [4.69, 9.17) is 0 Å². The molecule has 0 N–H and O–H groups in total. The van der Waals surface area contributed by atoms with Crippen LogP contribution in [-0.4, -0.2) is 16.1 Å². The summed E-state index contributed by atoms with van der Waals surface area (Å²) in [4.78, 5) is 0. The predicted molar refractivity (Wildman–Crippen MR) is 110 cm³/mol. The van der Waals surface area contributed by atoms with E-state index in [0.29, 0.717) is 0 Å². The molecule has 2 heteroatoms. The largest absolute Gasteiger partial charge is 0.117 e. The van der Waals surface area contributed by atoms with E-state index in [9.17, 15) is 0 Å². The smallest absolute Gasteiger partial charge is 0.0627 e. The summed E-state index contributed by atoms with van der Waals surface area (Å²) in [6, 6.07) is 25.7. The molecule has 0 atom stereocenters. The maximum Gasteiger partial charge on any atom is 0.117 e. The van der Waals surface area contributed by atoms with E-state index in [1.165, 1.54) is 62.7 Å². The zero-order valence-electron chi connectivity index (χ0n) is 14.7. The molecule has 3 aliphatic heterocycles. The quantitative estimate of drug-likeness (QED) is 0.639. The minimum atomic E-state index is -1.49. The van der Waals surface area contributed by atoms with Crippen molar-refractivity contribution in [3.8, 4) is 0 Å². The lowest BCUT2D eigenvalue weighted by molar-refractivity contribution is 0.716. The van der Waals surface area contributed by atoms with Gasteiger partial charge in [0.25, 0.3) is 0 Å². The van der Waals surface area contributed by atoms with Gasteiger partial charge in [0.15, 0.2) is 0 Å². The Hall–Kier alpha value is -1.13. The molecule has 0 aromatic heterocycles. The van der Waals surface area contributed by atoms with Crippen LogP contribution < -0.4 is 20.7 Å². The summed E-state index contributed by atoms with van der Waals surface area (Å²) >= 11 is 0. The highest BCUT2D eigenvalue weighted by atomic mass is 28.3. The maximum absolute atomic E-state index is 2.58. The number of hydrogen-bond acceptors (Lipinski definition) is 0. The van der Waals surface area contributed by atoms with Crippen molar-refractivity contribution < 1.29 is 0 Å². The molecule has 0 nitrogen and oxygen atoms in total. The van der Waals surface area contributed by atoms with E-state index < -0.39 is 16.1 Å². The van der Waals surface area contributed by atoms with Crippen LogP contribution in [0.3, 0.4) is 0 Å². The summed E-state index contributed by atoms with van der Waals surface area (Å²) in [5.41, 5.74) is 0. The molecule has 2 saturated heterocycles. The Morgan fingerprint density at radius 3 is 1.00 bits per heavy atom. The second-order valence-electron chi connectivity index (χ2n) is 8.38. The number of hydrogen-bond donors (Lipinski definition) is 0. The molecular weight excluding hydrogens is 320 g/mol. The molecule has 0 unspecified atom stereocenters. The average molecular weight is 349 g/mol. The molecule has 2 spiro atoms. The van der Waals surface area contributed by atoms with Gasteiger partial charge in [-0.2, -0.15) is 0 Å². The van der Waals surface area contributed by atoms with Gasteiger partial charge in [0, 0.05) is 0 Å². The molecule has 124 valence electrons. The van der Waals surface area contributed by atoms with E-state index in [2.05, 4.69) is 48.5 Å². The van der Waals surface area contributed by atoms with Gasteiger partial charge in [-0.15, -0.1) is 0 Å². The first-order valence-electron chi connectivity index (χ1n) is 10.1. The Labute approximate surface area is 148 Å². The van der Waals surface area contributed by atoms with Crippen LogP contribution >= 0.6 is 0 Å². The summed E-state index contributed by atoms with van der Waals surface area (Å²) in [7, 11) is -2.97. The average Bonchev–Trinajstić information content (AvgIpc) is 2.68. The molecule has 0 saturated carbocycles. The fourth-order valence-electron chi connectivity index (χ4n) is 6.31. The molecule has 3 aliphatic rings. The standard InChI is InChI=1S/C22H28Si2/c1-7-15-23(16-8-1)19-11-3-5-13-21(19)24(17-9-2-10-18-24)22-14-6-4-12-20(22)23/h3-6,11-14H,1-2,7-10,15-18H2. The lowest BCUT2D eigenvalue weighted by Crippen LogP contribution is -2.81. The van der Waals surface area contributed by atoms with Crippen molar-refractivity contribution in [2.45, 2.75) is 62.7 Å². The number of benzene rings is 2. The van der Waals surface area contributed by atoms with Crippen LogP contribution in [0.15, 0.2) is 48.5 Å². The van der Waals surface area contributed by atoms with Crippen molar-refractivity contribution in [2.24, 2.45) is 0 Å². The van der Waals surface area contributed by atoms with Gasteiger partial charge in [-0.05, 0) is 24.2 Å².